The van der Waals surface area contributed by atoms with Gasteiger partial charge in [-0.1, -0.05) is 90.1 Å². The third kappa shape index (κ3) is 5.51. The fourth-order valence-electron chi connectivity index (χ4n) is 3.81. The molecule has 0 aliphatic heterocycles. The molecular formula is C27H22ClN5OS2. The van der Waals surface area contributed by atoms with Crippen molar-refractivity contribution in [2.45, 2.75) is 23.9 Å². The van der Waals surface area contributed by atoms with Gasteiger partial charge in [0.15, 0.2) is 5.16 Å². The summed E-state index contributed by atoms with van der Waals surface area (Å²) in [6.07, 6.45) is 0. The summed E-state index contributed by atoms with van der Waals surface area (Å²) in [4.78, 5) is 17.7. The van der Waals surface area contributed by atoms with Crippen molar-refractivity contribution in [3.05, 3.63) is 123 Å². The van der Waals surface area contributed by atoms with Crippen molar-refractivity contribution in [1.29, 1.82) is 0 Å². The lowest BCUT2D eigenvalue weighted by molar-refractivity contribution is 0.0938. The first kappa shape index (κ1) is 24.2. The average molecular weight is 532 g/mol. The summed E-state index contributed by atoms with van der Waals surface area (Å²) < 4.78 is 1.96. The van der Waals surface area contributed by atoms with E-state index < -0.39 is 0 Å². The number of thioether (sulfide) groups is 1. The second kappa shape index (κ2) is 11.1. The quantitative estimate of drug-likeness (QED) is 0.231. The van der Waals surface area contributed by atoms with Crippen LogP contribution in [0.2, 0.25) is 5.02 Å². The Kier molecular flexibility index (Phi) is 7.46. The fourth-order valence-corrected chi connectivity index (χ4v) is 5.79. The molecule has 1 amide bonds. The minimum atomic E-state index is -0.265. The van der Waals surface area contributed by atoms with Crippen LogP contribution in [0.1, 0.15) is 38.5 Å². The summed E-state index contributed by atoms with van der Waals surface area (Å²) in [6.45, 7) is 1.90. The Labute approximate surface area is 222 Å². The summed E-state index contributed by atoms with van der Waals surface area (Å²) in [5.74, 6) is 1.13. The number of rotatable bonds is 8. The molecule has 36 heavy (non-hydrogen) atoms. The number of carbonyl (C=O) groups is 1. The molecule has 0 saturated carbocycles. The molecule has 9 heteroatoms. The predicted molar refractivity (Wildman–Crippen MR) is 145 cm³/mol. The minimum absolute atomic E-state index is 0.210. The molecule has 2 aromatic heterocycles. The number of aromatic nitrogens is 4. The lowest BCUT2D eigenvalue weighted by Crippen LogP contribution is -2.29. The summed E-state index contributed by atoms with van der Waals surface area (Å²) in [5, 5.41) is 15.7. The van der Waals surface area contributed by atoms with Crippen LogP contribution in [0.4, 0.5) is 0 Å². The molecule has 0 saturated heterocycles. The first-order valence-corrected chi connectivity index (χ1v) is 13.5. The van der Waals surface area contributed by atoms with E-state index in [9.17, 15) is 4.79 Å². The van der Waals surface area contributed by atoms with Crippen molar-refractivity contribution in [3.63, 3.8) is 0 Å². The normalized spacial score (nSPS) is 11.1. The Morgan fingerprint density at radius 1 is 1.00 bits per heavy atom. The van der Waals surface area contributed by atoms with Crippen molar-refractivity contribution < 1.29 is 4.79 Å². The largest absolute Gasteiger partial charge is 0.340 e. The van der Waals surface area contributed by atoms with Gasteiger partial charge in [0.2, 0.25) is 0 Å². The van der Waals surface area contributed by atoms with Gasteiger partial charge in [-0.3, -0.25) is 9.36 Å². The van der Waals surface area contributed by atoms with Gasteiger partial charge in [-0.2, -0.15) is 0 Å². The number of hydrogen-bond donors (Lipinski definition) is 1. The van der Waals surface area contributed by atoms with Crippen LogP contribution < -0.4 is 5.32 Å². The minimum Gasteiger partial charge on any atom is -0.340 e. The van der Waals surface area contributed by atoms with E-state index in [4.69, 9.17) is 11.6 Å². The van der Waals surface area contributed by atoms with Crippen molar-refractivity contribution in [2.24, 2.45) is 0 Å². The van der Waals surface area contributed by atoms with Crippen molar-refractivity contribution in [1.82, 2.24) is 25.1 Å². The fraction of sp³-hybridized carbons (Fsp3) is 0.111. The van der Waals surface area contributed by atoms with E-state index in [1.807, 2.05) is 96.4 Å². The predicted octanol–water partition coefficient (Wildman–Crippen LogP) is 6.50. The smallest absolute Gasteiger partial charge is 0.271 e. The topological polar surface area (TPSA) is 72.7 Å². The van der Waals surface area contributed by atoms with Crippen LogP contribution in [-0.4, -0.2) is 25.7 Å². The number of nitrogens with zero attached hydrogens (tertiary/aromatic N) is 4. The zero-order valence-corrected chi connectivity index (χ0v) is 21.7. The number of carbonyl (C=O) groups excluding carboxylic acids is 1. The zero-order chi connectivity index (χ0) is 24.9. The van der Waals surface area contributed by atoms with Crippen molar-refractivity contribution >= 4 is 40.6 Å². The van der Waals surface area contributed by atoms with E-state index >= 15 is 0 Å². The summed E-state index contributed by atoms with van der Waals surface area (Å²) >= 11 is 9.15. The highest BCUT2D eigenvalue weighted by molar-refractivity contribution is 7.98. The number of benzene rings is 3. The molecule has 0 aliphatic carbocycles. The maximum atomic E-state index is 13.2. The molecule has 0 unspecified atom stereocenters. The van der Waals surface area contributed by atoms with Crippen molar-refractivity contribution in [2.75, 3.05) is 0 Å². The van der Waals surface area contributed by atoms with E-state index in [1.54, 1.807) is 5.38 Å². The Hall–Kier alpha value is -3.46. The molecule has 1 N–H and O–H groups in total. The van der Waals surface area contributed by atoms with E-state index in [2.05, 4.69) is 20.5 Å². The van der Waals surface area contributed by atoms with Gasteiger partial charge in [0, 0.05) is 10.4 Å². The number of halogens is 1. The van der Waals surface area contributed by atoms with Crippen LogP contribution in [0.25, 0.3) is 5.69 Å². The van der Waals surface area contributed by atoms with Gasteiger partial charge in [0.05, 0.1) is 17.5 Å². The van der Waals surface area contributed by atoms with Crippen LogP contribution in [0.15, 0.2) is 95.5 Å². The Morgan fingerprint density at radius 2 is 1.69 bits per heavy atom. The molecule has 3 aromatic carbocycles. The zero-order valence-electron chi connectivity index (χ0n) is 19.3. The first-order chi connectivity index (χ1) is 17.6. The van der Waals surface area contributed by atoms with Crippen LogP contribution in [0, 0.1) is 6.92 Å². The second-order valence-electron chi connectivity index (χ2n) is 7.99. The molecule has 0 bridgehead atoms. The number of hydrogen-bond acceptors (Lipinski definition) is 6. The van der Waals surface area contributed by atoms with Crippen LogP contribution in [0.5, 0.6) is 0 Å². The standard InChI is InChI=1S/C27H22ClN5OS2/c1-18-31-32-27(33(18)22-14-8-13-21(28)15-22)36-17-24-29-23(16-35-24)26(34)30-25(19-9-4-2-5-10-19)20-11-6-3-7-12-20/h2-16,25H,17H2,1H3,(H,30,34). The van der Waals surface area contributed by atoms with E-state index in [0.717, 1.165) is 32.8 Å². The molecule has 0 spiro atoms. The van der Waals surface area contributed by atoms with Gasteiger partial charge in [0.1, 0.15) is 16.5 Å². The van der Waals surface area contributed by atoms with Gasteiger partial charge < -0.3 is 5.32 Å². The van der Waals surface area contributed by atoms with Gasteiger partial charge in [-0.15, -0.1) is 21.5 Å². The second-order valence-corrected chi connectivity index (χ2v) is 10.3. The molecule has 180 valence electrons. The van der Waals surface area contributed by atoms with Gasteiger partial charge >= 0.3 is 0 Å². The monoisotopic (exact) mass is 531 g/mol. The summed E-state index contributed by atoms with van der Waals surface area (Å²) in [5.41, 5.74) is 3.33. The highest BCUT2D eigenvalue weighted by atomic mass is 35.5. The number of nitrogens with one attached hydrogen (secondary N) is 1. The highest BCUT2D eigenvalue weighted by Crippen LogP contribution is 2.28. The lowest BCUT2D eigenvalue weighted by atomic mass is 9.98. The van der Waals surface area contributed by atoms with Crippen LogP contribution >= 0.6 is 34.7 Å². The van der Waals surface area contributed by atoms with Crippen LogP contribution in [0.3, 0.4) is 0 Å². The SMILES string of the molecule is Cc1nnc(SCc2nc(C(=O)NC(c3ccccc3)c3ccccc3)cs2)n1-c1cccc(Cl)c1. The van der Waals surface area contributed by atoms with Gasteiger partial charge in [-0.25, -0.2) is 4.98 Å². The first-order valence-electron chi connectivity index (χ1n) is 11.2. The molecule has 0 radical (unpaired) electrons. The lowest BCUT2D eigenvalue weighted by Gasteiger charge is -2.19. The average Bonchev–Trinajstić information content (AvgIpc) is 3.53. The van der Waals surface area contributed by atoms with Gasteiger partial charge in [-0.05, 0) is 36.2 Å². The maximum Gasteiger partial charge on any atom is 0.271 e. The molecule has 0 aliphatic rings. The third-order valence-corrected chi connectivity index (χ3v) is 7.72. The van der Waals surface area contributed by atoms with E-state index in [0.29, 0.717) is 16.5 Å². The number of amides is 1. The van der Waals surface area contributed by atoms with Crippen LogP contribution in [-0.2, 0) is 5.75 Å². The molecular weight excluding hydrogens is 510 g/mol. The van der Waals surface area contributed by atoms with E-state index in [1.165, 1.54) is 23.1 Å². The number of aryl methyl sites for hydroxylation is 1. The Bertz CT molecular complexity index is 1430. The maximum absolute atomic E-state index is 13.2. The Balaban J connectivity index is 1.30. The molecule has 0 fully saturated rings. The molecule has 6 nitrogen and oxygen atoms in total. The highest BCUT2D eigenvalue weighted by Gasteiger charge is 2.20. The number of thiazole rings is 1. The Morgan fingerprint density at radius 3 is 2.36 bits per heavy atom. The third-order valence-electron chi connectivity index (χ3n) is 5.51. The molecule has 5 rings (SSSR count). The van der Waals surface area contributed by atoms with Crippen molar-refractivity contribution in [3.8, 4) is 5.69 Å². The summed E-state index contributed by atoms with van der Waals surface area (Å²) in [6, 6.07) is 27.2. The molecule has 2 heterocycles. The molecule has 0 atom stereocenters. The van der Waals surface area contributed by atoms with E-state index in [-0.39, 0.29) is 11.9 Å². The summed E-state index contributed by atoms with van der Waals surface area (Å²) in [7, 11) is 0. The molecule has 5 aromatic rings. The van der Waals surface area contributed by atoms with Gasteiger partial charge in [0.25, 0.3) is 5.91 Å².